The van der Waals surface area contributed by atoms with Crippen LogP contribution in [0.4, 0.5) is 0 Å². The molecule has 1 unspecified atom stereocenters. The van der Waals surface area contributed by atoms with Gasteiger partial charge in [0.25, 0.3) is 0 Å². The Kier molecular flexibility index (Phi) is 4.35. The summed E-state index contributed by atoms with van der Waals surface area (Å²) in [4.78, 5) is 2.61. The molecule has 0 radical (unpaired) electrons. The van der Waals surface area contributed by atoms with Gasteiger partial charge in [-0.05, 0) is 41.3 Å². The average molecular weight is 259 g/mol. The lowest BCUT2D eigenvalue weighted by Gasteiger charge is -2.21. The van der Waals surface area contributed by atoms with E-state index < -0.39 is 0 Å². The lowest BCUT2D eigenvalue weighted by molar-refractivity contribution is 0.297. The molecule has 1 fully saturated rings. The standard InChI is InChI=1S/C18H29N/c1-14(2)16-10-11-19(13-16)12-15-6-8-17(9-7-15)18(3,4)5/h6-9,14,16H,10-13H2,1-5H3. The third-order valence-electron chi connectivity index (χ3n) is 4.48. The molecule has 0 bridgehead atoms. The van der Waals surface area contributed by atoms with Crippen molar-refractivity contribution in [3.63, 3.8) is 0 Å². The molecule has 106 valence electrons. The van der Waals surface area contributed by atoms with E-state index in [1.54, 1.807) is 0 Å². The van der Waals surface area contributed by atoms with Crippen LogP contribution in [0.15, 0.2) is 24.3 Å². The first kappa shape index (κ1) is 14.6. The Labute approximate surface area is 119 Å². The molecule has 0 aromatic heterocycles. The summed E-state index contributed by atoms with van der Waals surface area (Å²) < 4.78 is 0. The SMILES string of the molecule is CC(C)C1CCN(Cc2ccc(C(C)(C)C)cc2)C1. The minimum atomic E-state index is 0.259. The second-order valence-corrected chi connectivity index (χ2v) is 7.47. The molecule has 1 aliphatic rings. The van der Waals surface area contributed by atoms with E-state index in [2.05, 4.69) is 63.8 Å². The minimum Gasteiger partial charge on any atom is -0.299 e. The number of rotatable bonds is 3. The molecule has 1 heterocycles. The summed E-state index contributed by atoms with van der Waals surface area (Å²) in [5, 5.41) is 0. The Morgan fingerprint density at radius 2 is 1.79 bits per heavy atom. The zero-order valence-electron chi connectivity index (χ0n) is 13.2. The summed E-state index contributed by atoms with van der Waals surface area (Å²) in [6.07, 6.45) is 1.37. The van der Waals surface area contributed by atoms with Gasteiger partial charge >= 0.3 is 0 Å². The van der Waals surface area contributed by atoms with Gasteiger partial charge in [-0.3, -0.25) is 4.90 Å². The van der Waals surface area contributed by atoms with Crippen LogP contribution in [0.3, 0.4) is 0 Å². The normalized spacial score (nSPS) is 21.3. The summed E-state index contributed by atoms with van der Waals surface area (Å²) in [5.41, 5.74) is 3.14. The smallest absolute Gasteiger partial charge is 0.0233 e. The Morgan fingerprint density at radius 1 is 1.16 bits per heavy atom. The summed E-state index contributed by atoms with van der Waals surface area (Å²) in [5.74, 6) is 1.72. The van der Waals surface area contributed by atoms with Crippen LogP contribution >= 0.6 is 0 Å². The van der Waals surface area contributed by atoms with Gasteiger partial charge in [-0.2, -0.15) is 0 Å². The maximum absolute atomic E-state index is 2.61. The van der Waals surface area contributed by atoms with Crippen LogP contribution in [-0.4, -0.2) is 18.0 Å². The van der Waals surface area contributed by atoms with Crippen LogP contribution in [0.25, 0.3) is 0 Å². The molecule has 0 amide bonds. The van der Waals surface area contributed by atoms with Crippen LogP contribution in [0, 0.1) is 11.8 Å². The van der Waals surface area contributed by atoms with Crippen LogP contribution in [0.2, 0.25) is 0 Å². The number of likely N-dealkylation sites (tertiary alicyclic amines) is 1. The largest absolute Gasteiger partial charge is 0.299 e. The molecule has 1 aromatic carbocycles. The second kappa shape index (κ2) is 5.66. The van der Waals surface area contributed by atoms with Gasteiger partial charge in [-0.1, -0.05) is 58.9 Å². The van der Waals surface area contributed by atoms with E-state index in [-0.39, 0.29) is 5.41 Å². The molecule has 19 heavy (non-hydrogen) atoms. The van der Waals surface area contributed by atoms with Gasteiger partial charge < -0.3 is 0 Å². The van der Waals surface area contributed by atoms with Gasteiger partial charge in [0.1, 0.15) is 0 Å². The highest BCUT2D eigenvalue weighted by atomic mass is 15.1. The zero-order chi connectivity index (χ0) is 14.0. The molecule has 1 aliphatic heterocycles. The predicted octanol–water partition coefficient (Wildman–Crippen LogP) is 4.46. The van der Waals surface area contributed by atoms with Gasteiger partial charge in [-0.15, -0.1) is 0 Å². The van der Waals surface area contributed by atoms with Gasteiger partial charge in [0.15, 0.2) is 0 Å². The van der Waals surface area contributed by atoms with Crippen molar-refractivity contribution < 1.29 is 0 Å². The first-order valence-electron chi connectivity index (χ1n) is 7.68. The van der Waals surface area contributed by atoms with Gasteiger partial charge in [-0.25, -0.2) is 0 Å². The highest BCUT2D eigenvalue weighted by molar-refractivity contribution is 5.27. The molecule has 0 spiro atoms. The Bertz CT molecular complexity index is 397. The van der Waals surface area contributed by atoms with Crippen molar-refractivity contribution in [2.24, 2.45) is 11.8 Å². The molecule has 1 atom stereocenters. The summed E-state index contributed by atoms with van der Waals surface area (Å²) in [6.45, 7) is 15.2. The van der Waals surface area contributed by atoms with Crippen LogP contribution < -0.4 is 0 Å². The Hall–Kier alpha value is -0.820. The maximum Gasteiger partial charge on any atom is 0.0233 e. The zero-order valence-corrected chi connectivity index (χ0v) is 13.2. The van der Waals surface area contributed by atoms with Crippen molar-refractivity contribution >= 4 is 0 Å². The van der Waals surface area contributed by atoms with Gasteiger partial charge in [0.2, 0.25) is 0 Å². The van der Waals surface area contributed by atoms with Crippen molar-refractivity contribution in [2.75, 3.05) is 13.1 Å². The molecule has 1 nitrogen and oxygen atoms in total. The van der Waals surface area contributed by atoms with E-state index >= 15 is 0 Å². The number of hydrogen-bond acceptors (Lipinski definition) is 1. The predicted molar refractivity (Wildman–Crippen MR) is 83.4 cm³/mol. The molecule has 0 saturated carbocycles. The second-order valence-electron chi connectivity index (χ2n) is 7.47. The van der Waals surface area contributed by atoms with Crippen molar-refractivity contribution in [2.45, 2.75) is 53.0 Å². The highest BCUT2D eigenvalue weighted by Crippen LogP contribution is 2.26. The quantitative estimate of drug-likeness (QED) is 0.774. The van der Waals surface area contributed by atoms with Crippen LogP contribution in [-0.2, 0) is 12.0 Å². The van der Waals surface area contributed by atoms with E-state index in [0.29, 0.717) is 0 Å². The summed E-state index contributed by atoms with van der Waals surface area (Å²) in [7, 11) is 0. The third-order valence-corrected chi connectivity index (χ3v) is 4.48. The van der Waals surface area contributed by atoms with E-state index in [0.717, 1.165) is 18.4 Å². The van der Waals surface area contributed by atoms with Crippen molar-refractivity contribution in [1.82, 2.24) is 4.90 Å². The van der Waals surface area contributed by atoms with Crippen molar-refractivity contribution in [3.05, 3.63) is 35.4 Å². The van der Waals surface area contributed by atoms with E-state index in [1.165, 1.54) is 30.6 Å². The topological polar surface area (TPSA) is 3.24 Å². The third kappa shape index (κ3) is 3.82. The van der Waals surface area contributed by atoms with Gasteiger partial charge in [0, 0.05) is 13.1 Å². The number of hydrogen-bond donors (Lipinski definition) is 0. The first-order chi connectivity index (χ1) is 8.86. The molecule has 0 aliphatic carbocycles. The molecule has 0 N–H and O–H groups in total. The minimum absolute atomic E-state index is 0.259. The fourth-order valence-electron chi connectivity index (χ4n) is 2.92. The van der Waals surface area contributed by atoms with Crippen LogP contribution in [0.5, 0.6) is 0 Å². The fraction of sp³-hybridized carbons (Fsp3) is 0.667. The van der Waals surface area contributed by atoms with Crippen molar-refractivity contribution in [1.29, 1.82) is 0 Å². The van der Waals surface area contributed by atoms with E-state index in [9.17, 15) is 0 Å². The van der Waals surface area contributed by atoms with Gasteiger partial charge in [0.05, 0.1) is 0 Å². The van der Waals surface area contributed by atoms with Crippen molar-refractivity contribution in [3.8, 4) is 0 Å². The molecule has 1 saturated heterocycles. The fourth-order valence-corrected chi connectivity index (χ4v) is 2.92. The maximum atomic E-state index is 2.61. The van der Waals surface area contributed by atoms with Crippen LogP contribution in [0.1, 0.15) is 52.2 Å². The number of benzene rings is 1. The lowest BCUT2D eigenvalue weighted by Crippen LogP contribution is -2.21. The molecule has 1 heteroatoms. The molecular weight excluding hydrogens is 230 g/mol. The first-order valence-corrected chi connectivity index (χ1v) is 7.68. The van der Waals surface area contributed by atoms with E-state index in [4.69, 9.17) is 0 Å². The Morgan fingerprint density at radius 3 is 2.26 bits per heavy atom. The summed E-state index contributed by atoms with van der Waals surface area (Å²) >= 11 is 0. The number of nitrogens with zero attached hydrogens (tertiary/aromatic N) is 1. The average Bonchev–Trinajstić information content (AvgIpc) is 2.77. The lowest BCUT2D eigenvalue weighted by atomic mass is 9.87. The molecular formula is C18H29N. The molecule has 2 rings (SSSR count). The van der Waals surface area contributed by atoms with E-state index in [1.807, 2.05) is 0 Å². The highest BCUT2D eigenvalue weighted by Gasteiger charge is 2.24. The Balaban J connectivity index is 1.94. The molecule has 1 aromatic rings. The summed E-state index contributed by atoms with van der Waals surface area (Å²) in [6, 6.07) is 9.21. The monoisotopic (exact) mass is 259 g/mol.